The molecule has 1 aliphatic heterocycles. The molecule has 0 amide bonds. The molecule has 5 atom stereocenters. The van der Waals surface area contributed by atoms with E-state index in [-0.39, 0.29) is 28.6 Å². The van der Waals surface area contributed by atoms with Crippen molar-refractivity contribution in [1.29, 1.82) is 0 Å². The summed E-state index contributed by atoms with van der Waals surface area (Å²) in [6, 6.07) is -0.107. The quantitative estimate of drug-likeness (QED) is 0.732. The van der Waals surface area contributed by atoms with Crippen molar-refractivity contribution in [3.63, 3.8) is 0 Å². The van der Waals surface area contributed by atoms with Gasteiger partial charge in [0.25, 0.3) is 0 Å². The van der Waals surface area contributed by atoms with Crippen LogP contribution in [0.4, 0.5) is 0 Å². The van der Waals surface area contributed by atoms with Crippen LogP contribution >= 0.6 is 23.2 Å². The number of alkyl halides is 2. The Balaban J connectivity index is 1.87. The van der Waals surface area contributed by atoms with Crippen LogP contribution in [0, 0.1) is 11.8 Å². The standard InChI is InChI=1S/C14H22Cl2N2O/c15-10-7-6-9-12(11(10)16)18-13(17)14(9,19)8-4-2-1-3-5-8/h8-12,19H,1-7H2,(H2,17,18). The molecule has 0 aromatic carbocycles. The molecule has 5 heteroatoms. The Bertz CT molecular complexity index is 384. The number of fused-ring (bicyclic) bond motifs is 1. The molecule has 5 unspecified atom stereocenters. The molecule has 0 saturated heterocycles. The van der Waals surface area contributed by atoms with Crippen LogP contribution in [-0.4, -0.2) is 33.3 Å². The lowest BCUT2D eigenvalue weighted by Gasteiger charge is -2.44. The number of hydrogen-bond donors (Lipinski definition) is 2. The predicted octanol–water partition coefficient (Wildman–Crippen LogP) is 2.66. The number of nitrogens with two attached hydrogens (primary N) is 1. The Labute approximate surface area is 124 Å². The van der Waals surface area contributed by atoms with Gasteiger partial charge < -0.3 is 10.8 Å². The van der Waals surface area contributed by atoms with E-state index in [1.165, 1.54) is 19.3 Å². The highest BCUT2D eigenvalue weighted by molar-refractivity contribution is 6.30. The first-order valence-electron chi connectivity index (χ1n) is 7.39. The minimum absolute atomic E-state index is 0.0619. The van der Waals surface area contributed by atoms with E-state index in [9.17, 15) is 5.11 Å². The van der Waals surface area contributed by atoms with Gasteiger partial charge in [0.15, 0.2) is 0 Å². The first-order chi connectivity index (χ1) is 9.05. The number of hydrogen-bond acceptors (Lipinski definition) is 3. The third-order valence-electron chi connectivity index (χ3n) is 5.33. The molecule has 19 heavy (non-hydrogen) atoms. The van der Waals surface area contributed by atoms with Gasteiger partial charge in [-0.25, -0.2) is 0 Å². The van der Waals surface area contributed by atoms with Crippen molar-refractivity contribution in [2.75, 3.05) is 0 Å². The number of rotatable bonds is 1. The van der Waals surface area contributed by atoms with Gasteiger partial charge in [0, 0.05) is 5.92 Å². The van der Waals surface area contributed by atoms with E-state index in [4.69, 9.17) is 28.9 Å². The van der Waals surface area contributed by atoms with Crippen molar-refractivity contribution in [1.82, 2.24) is 0 Å². The summed E-state index contributed by atoms with van der Waals surface area (Å²) in [5.41, 5.74) is 5.17. The SMILES string of the molecule is NC1=NC2C(Cl)C(Cl)CCC2C1(O)C1CCCCC1. The molecule has 3 aliphatic rings. The van der Waals surface area contributed by atoms with Gasteiger partial charge in [-0.2, -0.15) is 0 Å². The van der Waals surface area contributed by atoms with Crippen molar-refractivity contribution < 1.29 is 5.11 Å². The van der Waals surface area contributed by atoms with Crippen LogP contribution in [0.5, 0.6) is 0 Å². The van der Waals surface area contributed by atoms with Gasteiger partial charge in [-0.15, -0.1) is 23.2 Å². The first kappa shape index (κ1) is 14.0. The van der Waals surface area contributed by atoms with Gasteiger partial charge in [0.1, 0.15) is 11.4 Å². The molecule has 0 spiro atoms. The average molecular weight is 305 g/mol. The fourth-order valence-corrected chi connectivity index (χ4v) is 4.89. The Kier molecular flexibility index (Phi) is 3.74. The van der Waals surface area contributed by atoms with E-state index >= 15 is 0 Å². The van der Waals surface area contributed by atoms with Gasteiger partial charge in [0.05, 0.1) is 16.8 Å². The van der Waals surface area contributed by atoms with Gasteiger partial charge in [-0.05, 0) is 31.6 Å². The maximum Gasteiger partial charge on any atom is 0.129 e. The zero-order chi connectivity index (χ0) is 13.6. The average Bonchev–Trinajstić information content (AvgIpc) is 2.69. The summed E-state index contributed by atoms with van der Waals surface area (Å²) in [5.74, 6) is 0.717. The van der Waals surface area contributed by atoms with Crippen LogP contribution in [0.3, 0.4) is 0 Å². The van der Waals surface area contributed by atoms with E-state index in [0.29, 0.717) is 5.84 Å². The van der Waals surface area contributed by atoms with Crippen molar-refractivity contribution in [3.05, 3.63) is 0 Å². The second-order valence-corrected chi connectivity index (χ2v) is 7.37. The topological polar surface area (TPSA) is 58.6 Å². The lowest BCUT2D eigenvalue weighted by atomic mass is 9.66. The molecule has 0 aromatic heterocycles. The molecule has 3 rings (SSSR count). The minimum Gasteiger partial charge on any atom is -0.385 e. The van der Waals surface area contributed by atoms with E-state index in [2.05, 4.69) is 4.99 Å². The summed E-state index contributed by atoms with van der Waals surface area (Å²) in [6.07, 6.45) is 7.44. The lowest BCUT2D eigenvalue weighted by Crippen LogP contribution is -2.56. The maximum atomic E-state index is 11.2. The van der Waals surface area contributed by atoms with E-state index in [1.54, 1.807) is 0 Å². The van der Waals surface area contributed by atoms with Gasteiger partial charge >= 0.3 is 0 Å². The van der Waals surface area contributed by atoms with Crippen molar-refractivity contribution in [2.24, 2.45) is 22.6 Å². The molecule has 2 saturated carbocycles. The summed E-state index contributed by atoms with van der Waals surface area (Å²) in [4.78, 5) is 4.50. The fourth-order valence-electron chi connectivity index (χ4n) is 4.25. The summed E-state index contributed by atoms with van der Waals surface area (Å²) in [7, 11) is 0. The largest absolute Gasteiger partial charge is 0.385 e. The maximum absolute atomic E-state index is 11.2. The zero-order valence-electron chi connectivity index (χ0n) is 11.1. The molecule has 2 aliphatic carbocycles. The third-order valence-corrected chi connectivity index (χ3v) is 6.51. The molecule has 3 nitrogen and oxygen atoms in total. The Morgan fingerprint density at radius 3 is 2.47 bits per heavy atom. The fraction of sp³-hybridized carbons (Fsp3) is 0.929. The monoisotopic (exact) mass is 304 g/mol. The molecule has 0 radical (unpaired) electrons. The highest BCUT2D eigenvalue weighted by atomic mass is 35.5. The van der Waals surface area contributed by atoms with Crippen molar-refractivity contribution >= 4 is 29.0 Å². The van der Waals surface area contributed by atoms with Crippen LogP contribution in [-0.2, 0) is 0 Å². The molecular formula is C14H22Cl2N2O. The number of aliphatic hydroxyl groups is 1. The summed E-state index contributed by atoms with van der Waals surface area (Å²) in [6.45, 7) is 0. The Hall–Kier alpha value is 0.01000. The number of aliphatic imine (C=N–C) groups is 1. The van der Waals surface area contributed by atoms with Crippen molar-refractivity contribution in [2.45, 2.75) is 67.3 Å². The lowest BCUT2D eigenvalue weighted by molar-refractivity contribution is -0.0286. The van der Waals surface area contributed by atoms with Crippen molar-refractivity contribution in [3.8, 4) is 0 Å². The number of nitrogens with zero attached hydrogens (tertiary/aromatic N) is 1. The highest BCUT2D eigenvalue weighted by Crippen LogP contribution is 2.49. The normalized spacial score (nSPS) is 47.8. The summed E-state index contributed by atoms with van der Waals surface area (Å²) < 4.78 is 0. The molecule has 0 bridgehead atoms. The second kappa shape index (κ2) is 5.09. The third kappa shape index (κ3) is 2.09. The molecule has 108 valence electrons. The molecule has 1 heterocycles. The van der Waals surface area contributed by atoms with Gasteiger partial charge in [-0.1, -0.05) is 19.3 Å². The van der Waals surface area contributed by atoms with Crippen LogP contribution in [0.25, 0.3) is 0 Å². The van der Waals surface area contributed by atoms with Gasteiger partial charge in [-0.3, -0.25) is 4.99 Å². The molecule has 2 fully saturated rings. The van der Waals surface area contributed by atoms with E-state index in [0.717, 1.165) is 25.7 Å². The van der Waals surface area contributed by atoms with Crippen LogP contribution in [0.1, 0.15) is 44.9 Å². The smallest absolute Gasteiger partial charge is 0.129 e. The van der Waals surface area contributed by atoms with E-state index < -0.39 is 5.60 Å². The van der Waals surface area contributed by atoms with Gasteiger partial charge in [0.2, 0.25) is 0 Å². The van der Waals surface area contributed by atoms with Crippen LogP contribution < -0.4 is 5.73 Å². The summed E-state index contributed by atoms with van der Waals surface area (Å²) in [5, 5.41) is 11.0. The molecule has 0 aromatic rings. The summed E-state index contributed by atoms with van der Waals surface area (Å²) >= 11 is 12.6. The number of halogens is 2. The second-order valence-electron chi connectivity index (χ2n) is 6.31. The molecule has 3 N–H and O–H groups in total. The van der Waals surface area contributed by atoms with Crippen LogP contribution in [0.15, 0.2) is 4.99 Å². The minimum atomic E-state index is -0.935. The predicted molar refractivity (Wildman–Crippen MR) is 78.9 cm³/mol. The zero-order valence-corrected chi connectivity index (χ0v) is 12.6. The van der Waals surface area contributed by atoms with Crippen LogP contribution in [0.2, 0.25) is 0 Å². The number of amidine groups is 1. The Morgan fingerprint density at radius 1 is 1.11 bits per heavy atom. The van der Waals surface area contributed by atoms with E-state index in [1.807, 2.05) is 0 Å². The first-order valence-corrected chi connectivity index (χ1v) is 8.26. The Morgan fingerprint density at radius 2 is 1.79 bits per heavy atom. The highest BCUT2D eigenvalue weighted by Gasteiger charge is 2.57. The molecular weight excluding hydrogens is 283 g/mol.